The fourth-order valence-electron chi connectivity index (χ4n) is 3.92. The summed E-state index contributed by atoms with van der Waals surface area (Å²) in [6, 6.07) is 0. The minimum atomic E-state index is -0.146. The summed E-state index contributed by atoms with van der Waals surface area (Å²) in [5, 5.41) is 0. The highest BCUT2D eigenvalue weighted by Gasteiger charge is 2.37. The highest BCUT2D eigenvalue weighted by atomic mass is 16.5. The van der Waals surface area contributed by atoms with Crippen molar-refractivity contribution in [3.63, 3.8) is 0 Å². The van der Waals surface area contributed by atoms with Crippen LogP contribution in [-0.2, 0) is 23.9 Å². The van der Waals surface area contributed by atoms with Crippen LogP contribution in [0.1, 0.15) is 91.4 Å². The van der Waals surface area contributed by atoms with Crippen LogP contribution in [0.15, 0.2) is 0 Å². The number of ether oxygens (including phenoxy) is 2. The van der Waals surface area contributed by atoms with Crippen LogP contribution in [0, 0.1) is 11.8 Å². The number of imide groups is 1. The van der Waals surface area contributed by atoms with Crippen molar-refractivity contribution >= 4 is 17.6 Å². The van der Waals surface area contributed by atoms with Crippen LogP contribution in [0.2, 0.25) is 0 Å². The van der Waals surface area contributed by atoms with Gasteiger partial charge in [-0.1, -0.05) is 65.7 Å². The molecule has 2 amide bonds. The van der Waals surface area contributed by atoms with Gasteiger partial charge < -0.3 is 9.47 Å². The number of carbonyl (C=O) groups is 3. The minimum absolute atomic E-state index is 0.0429. The van der Waals surface area contributed by atoms with Gasteiger partial charge in [-0.2, -0.15) is 0 Å². The van der Waals surface area contributed by atoms with E-state index < -0.39 is 0 Å². The monoisotopic (exact) mass is 425 g/mol. The first kappa shape index (κ1) is 26.8. The summed E-state index contributed by atoms with van der Waals surface area (Å²) in [5.41, 5.74) is 0. The van der Waals surface area contributed by atoms with Gasteiger partial charge in [0, 0.05) is 18.3 Å². The first-order valence-corrected chi connectivity index (χ1v) is 12.1. The summed E-state index contributed by atoms with van der Waals surface area (Å²) in [6.07, 6.45) is 10.9. The molecule has 30 heavy (non-hydrogen) atoms. The zero-order valence-corrected chi connectivity index (χ0v) is 19.5. The molecule has 2 unspecified atom stereocenters. The maximum Gasteiger partial charge on any atom is 0.232 e. The van der Waals surface area contributed by atoms with E-state index in [0.717, 1.165) is 44.9 Å². The van der Waals surface area contributed by atoms with Gasteiger partial charge in [0.1, 0.15) is 6.61 Å². The summed E-state index contributed by atoms with van der Waals surface area (Å²) in [6.45, 7) is 7.80. The highest BCUT2D eigenvalue weighted by Crippen LogP contribution is 2.25. The van der Waals surface area contributed by atoms with E-state index in [0.29, 0.717) is 32.8 Å². The van der Waals surface area contributed by atoms with Crippen molar-refractivity contribution in [3.8, 4) is 0 Å². The van der Waals surface area contributed by atoms with E-state index in [-0.39, 0.29) is 36.0 Å². The van der Waals surface area contributed by atoms with E-state index in [9.17, 15) is 14.4 Å². The quantitative estimate of drug-likeness (QED) is 0.224. The normalized spacial score (nSPS) is 17.7. The molecular weight excluding hydrogens is 382 g/mol. The van der Waals surface area contributed by atoms with Gasteiger partial charge in [-0.25, -0.2) is 0 Å². The van der Waals surface area contributed by atoms with E-state index in [1.807, 2.05) is 6.92 Å². The molecule has 1 saturated heterocycles. The van der Waals surface area contributed by atoms with E-state index in [2.05, 4.69) is 13.8 Å². The molecule has 1 heterocycles. The van der Waals surface area contributed by atoms with Crippen molar-refractivity contribution in [1.29, 1.82) is 0 Å². The largest absolute Gasteiger partial charge is 0.377 e. The lowest BCUT2D eigenvalue weighted by Gasteiger charge is -2.15. The molecular formula is C24H43NO5. The Balaban J connectivity index is 2.12. The number of amides is 2. The van der Waals surface area contributed by atoms with Crippen molar-refractivity contribution in [2.45, 2.75) is 91.4 Å². The van der Waals surface area contributed by atoms with Gasteiger partial charge in [-0.15, -0.1) is 0 Å². The SMILES string of the molecule is CCCCCCCC1CC(=O)N(CCOCCOCC(=O)C(CC)CCCC)C1=O. The van der Waals surface area contributed by atoms with Crippen LogP contribution in [0.3, 0.4) is 0 Å². The summed E-state index contributed by atoms with van der Waals surface area (Å²) in [5.74, 6) is -0.00870. The predicted octanol–water partition coefficient (Wildman–Crippen LogP) is 4.54. The van der Waals surface area contributed by atoms with Gasteiger partial charge in [0.15, 0.2) is 5.78 Å². The molecule has 2 atom stereocenters. The maximum atomic E-state index is 12.4. The molecule has 1 fully saturated rings. The molecule has 0 aromatic heterocycles. The molecule has 0 aromatic rings. The summed E-state index contributed by atoms with van der Waals surface area (Å²) in [7, 11) is 0. The third kappa shape index (κ3) is 10.2. The number of hydrogen-bond acceptors (Lipinski definition) is 5. The van der Waals surface area contributed by atoms with Crippen molar-refractivity contribution in [1.82, 2.24) is 4.90 Å². The van der Waals surface area contributed by atoms with E-state index in [1.54, 1.807) is 0 Å². The predicted molar refractivity (Wildman–Crippen MR) is 118 cm³/mol. The second-order valence-electron chi connectivity index (χ2n) is 8.37. The lowest BCUT2D eigenvalue weighted by atomic mass is 9.95. The first-order chi connectivity index (χ1) is 14.5. The summed E-state index contributed by atoms with van der Waals surface area (Å²) < 4.78 is 10.9. The number of nitrogens with zero attached hydrogens (tertiary/aromatic N) is 1. The summed E-state index contributed by atoms with van der Waals surface area (Å²) in [4.78, 5) is 38.0. The Labute approximate surface area is 183 Å². The topological polar surface area (TPSA) is 72.9 Å². The first-order valence-electron chi connectivity index (χ1n) is 12.1. The van der Waals surface area contributed by atoms with Crippen LogP contribution >= 0.6 is 0 Å². The van der Waals surface area contributed by atoms with E-state index >= 15 is 0 Å². The zero-order chi connectivity index (χ0) is 22.2. The van der Waals surface area contributed by atoms with Crippen LogP contribution < -0.4 is 0 Å². The molecule has 6 heteroatoms. The number of unbranched alkanes of at least 4 members (excludes halogenated alkanes) is 5. The lowest BCUT2D eigenvalue weighted by Crippen LogP contribution is -2.34. The molecule has 0 N–H and O–H groups in total. The Morgan fingerprint density at radius 2 is 1.67 bits per heavy atom. The molecule has 1 aliphatic heterocycles. The zero-order valence-electron chi connectivity index (χ0n) is 19.5. The van der Waals surface area contributed by atoms with Crippen LogP contribution in [-0.4, -0.2) is 55.5 Å². The Hall–Kier alpha value is -1.27. The molecule has 1 rings (SSSR count). The second kappa shape index (κ2) is 16.4. The standard InChI is InChI=1S/C24H43NO5/c1-4-7-9-10-11-13-21-18-23(27)25(24(21)28)14-15-29-16-17-30-19-22(26)20(6-3)12-8-5-2/h20-21H,4-19H2,1-3H3. The number of Topliss-reactive ketones (excluding diaryl/α,β-unsaturated/α-hetero) is 1. The van der Waals surface area contributed by atoms with Gasteiger partial charge >= 0.3 is 0 Å². The van der Waals surface area contributed by atoms with Gasteiger partial charge in [0.25, 0.3) is 0 Å². The molecule has 0 spiro atoms. The van der Waals surface area contributed by atoms with Crippen molar-refractivity contribution in [3.05, 3.63) is 0 Å². The Morgan fingerprint density at radius 1 is 0.967 bits per heavy atom. The number of hydrogen-bond donors (Lipinski definition) is 0. The number of carbonyl (C=O) groups excluding carboxylic acids is 3. The molecule has 0 saturated carbocycles. The van der Waals surface area contributed by atoms with Gasteiger partial charge in [0.2, 0.25) is 11.8 Å². The molecule has 6 nitrogen and oxygen atoms in total. The third-order valence-corrected chi connectivity index (χ3v) is 5.92. The maximum absolute atomic E-state index is 12.4. The molecule has 174 valence electrons. The number of ketones is 1. The smallest absolute Gasteiger partial charge is 0.232 e. The molecule has 0 bridgehead atoms. The molecule has 0 radical (unpaired) electrons. The second-order valence-corrected chi connectivity index (χ2v) is 8.37. The fourth-order valence-corrected chi connectivity index (χ4v) is 3.92. The average molecular weight is 426 g/mol. The number of rotatable bonds is 19. The van der Waals surface area contributed by atoms with Crippen LogP contribution in [0.25, 0.3) is 0 Å². The van der Waals surface area contributed by atoms with Crippen molar-refractivity contribution < 1.29 is 23.9 Å². The van der Waals surface area contributed by atoms with Crippen molar-refractivity contribution in [2.24, 2.45) is 11.8 Å². The number of likely N-dealkylation sites (tertiary alicyclic amines) is 1. The van der Waals surface area contributed by atoms with Crippen LogP contribution in [0.4, 0.5) is 0 Å². The molecule has 0 aliphatic carbocycles. The highest BCUT2D eigenvalue weighted by molar-refractivity contribution is 6.03. The minimum Gasteiger partial charge on any atom is -0.377 e. The summed E-state index contributed by atoms with van der Waals surface area (Å²) >= 11 is 0. The molecule has 1 aliphatic rings. The van der Waals surface area contributed by atoms with E-state index in [4.69, 9.17) is 9.47 Å². The van der Waals surface area contributed by atoms with Crippen molar-refractivity contribution in [2.75, 3.05) is 33.0 Å². The lowest BCUT2D eigenvalue weighted by molar-refractivity contribution is -0.140. The third-order valence-electron chi connectivity index (χ3n) is 5.92. The van der Waals surface area contributed by atoms with Crippen LogP contribution in [0.5, 0.6) is 0 Å². The molecule has 0 aromatic carbocycles. The van der Waals surface area contributed by atoms with Gasteiger partial charge in [-0.3, -0.25) is 19.3 Å². The Morgan fingerprint density at radius 3 is 2.37 bits per heavy atom. The Kier molecular flexibility index (Phi) is 14.7. The Bertz CT molecular complexity index is 508. The fraction of sp³-hybridized carbons (Fsp3) is 0.875. The van der Waals surface area contributed by atoms with E-state index in [1.165, 1.54) is 24.2 Å². The van der Waals surface area contributed by atoms with Gasteiger partial charge in [0.05, 0.1) is 26.4 Å². The average Bonchev–Trinajstić information content (AvgIpc) is 3.00. The van der Waals surface area contributed by atoms with Gasteiger partial charge in [-0.05, 0) is 19.3 Å².